The molecule has 4 nitrogen and oxygen atoms in total. The highest BCUT2D eigenvalue weighted by atomic mass is 15.0. The molecule has 2 heterocycles. The lowest BCUT2D eigenvalue weighted by molar-refractivity contribution is 0.529. The molecule has 1 aromatic heterocycles. The summed E-state index contributed by atoms with van der Waals surface area (Å²) in [5.41, 5.74) is 7.45. The summed E-state index contributed by atoms with van der Waals surface area (Å²) in [4.78, 5) is 12.5. The molecule has 0 aliphatic carbocycles. The summed E-state index contributed by atoms with van der Waals surface area (Å²) in [5.74, 6) is 1.34. The van der Waals surface area contributed by atoms with Crippen molar-refractivity contribution in [2.45, 2.75) is 26.2 Å². The van der Waals surface area contributed by atoms with Crippen LogP contribution < -0.4 is 5.73 Å². The van der Waals surface area contributed by atoms with Gasteiger partial charge in [0.05, 0.1) is 5.69 Å². The predicted molar refractivity (Wildman–Crippen MR) is 56.8 cm³/mol. The zero-order valence-corrected chi connectivity index (χ0v) is 8.44. The fourth-order valence-electron chi connectivity index (χ4n) is 1.68. The lowest BCUT2D eigenvalue weighted by atomic mass is 9.90. The number of fused-ring (bicyclic) bond motifs is 1. The van der Waals surface area contributed by atoms with Crippen LogP contribution in [0.2, 0.25) is 0 Å². The molecule has 0 radical (unpaired) electrons. The summed E-state index contributed by atoms with van der Waals surface area (Å²) in [5, 5.41) is 0. The summed E-state index contributed by atoms with van der Waals surface area (Å²) in [6.45, 7) is 4.37. The maximum Gasteiger partial charge on any atom is 0.153 e. The Morgan fingerprint density at radius 2 is 2.29 bits per heavy atom. The molecular formula is C10H14N4. The molecule has 0 amide bonds. The van der Waals surface area contributed by atoms with Crippen molar-refractivity contribution in [3.63, 3.8) is 0 Å². The van der Waals surface area contributed by atoms with Gasteiger partial charge < -0.3 is 5.73 Å². The van der Waals surface area contributed by atoms with Crippen molar-refractivity contribution in [3.8, 4) is 0 Å². The van der Waals surface area contributed by atoms with E-state index in [1.165, 1.54) is 6.33 Å². The SMILES string of the molecule is CCC(C)C1C=Nc2c(N)ncnc21. The van der Waals surface area contributed by atoms with Crippen molar-refractivity contribution in [2.75, 3.05) is 5.73 Å². The maximum atomic E-state index is 5.71. The smallest absolute Gasteiger partial charge is 0.153 e. The summed E-state index contributed by atoms with van der Waals surface area (Å²) in [6.07, 6.45) is 4.56. The minimum absolute atomic E-state index is 0.306. The second-order valence-electron chi connectivity index (χ2n) is 3.68. The van der Waals surface area contributed by atoms with E-state index in [-0.39, 0.29) is 0 Å². The minimum atomic E-state index is 0.306. The zero-order valence-electron chi connectivity index (χ0n) is 8.44. The summed E-state index contributed by atoms with van der Waals surface area (Å²) < 4.78 is 0. The van der Waals surface area contributed by atoms with E-state index in [0.717, 1.165) is 17.8 Å². The largest absolute Gasteiger partial charge is 0.382 e. The van der Waals surface area contributed by atoms with Crippen LogP contribution in [0.3, 0.4) is 0 Å². The summed E-state index contributed by atoms with van der Waals surface area (Å²) in [6, 6.07) is 0. The molecule has 0 fully saturated rings. The van der Waals surface area contributed by atoms with E-state index in [1.807, 2.05) is 6.21 Å². The highest BCUT2D eigenvalue weighted by molar-refractivity contribution is 5.83. The Morgan fingerprint density at radius 1 is 1.50 bits per heavy atom. The molecular weight excluding hydrogens is 176 g/mol. The molecule has 1 aromatic rings. The molecule has 74 valence electrons. The molecule has 0 saturated heterocycles. The highest BCUT2D eigenvalue weighted by Crippen LogP contribution is 2.38. The van der Waals surface area contributed by atoms with Crippen LogP contribution in [0.25, 0.3) is 0 Å². The lowest BCUT2D eigenvalue weighted by Crippen LogP contribution is -2.09. The van der Waals surface area contributed by atoms with Crippen LogP contribution in [0.15, 0.2) is 11.3 Å². The van der Waals surface area contributed by atoms with Crippen LogP contribution in [0.4, 0.5) is 11.5 Å². The van der Waals surface area contributed by atoms with Gasteiger partial charge in [-0.15, -0.1) is 0 Å². The number of aliphatic imine (C=N–C) groups is 1. The van der Waals surface area contributed by atoms with Gasteiger partial charge in [-0.25, -0.2) is 9.97 Å². The van der Waals surface area contributed by atoms with Crippen molar-refractivity contribution in [1.29, 1.82) is 0 Å². The molecule has 14 heavy (non-hydrogen) atoms. The number of rotatable bonds is 2. The Morgan fingerprint density at radius 3 is 3.00 bits per heavy atom. The lowest BCUT2D eigenvalue weighted by Gasteiger charge is -2.14. The fourth-order valence-corrected chi connectivity index (χ4v) is 1.68. The van der Waals surface area contributed by atoms with E-state index in [4.69, 9.17) is 5.73 Å². The number of hydrogen-bond acceptors (Lipinski definition) is 4. The standard InChI is InChI=1S/C10H14N4/c1-3-6(2)7-4-12-9-8(7)13-5-14-10(9)11/h4-7H,3H2,1-2H3,(H2,11,13,14). The Hall–Kier alpha value is -1.45. The van der Waals surface area contributed by atoms with Crippen LogP contribution in [-0.2, 0) is 0 Å². The van der Waals surface area contributed by atoms with Crippen molar-refractivity contribution < 1.29 is 0 Å². The quantitative estimate of drug-likeness (QED) is 0.774. The molecule has 0 spiro atoms. The molecule has 0 saturated carbocycles. The second-order valence-corrected chi connectivity index (χ2v) is 3.68. The maximum absolute atomic E-state index is 5.71. The molecule has 2 atom stereocenters. The monoisotopic (exact) mass is 190 g/mol. The normalized spacial score (nSPS) is 20.9. The predicted octanol–water partition coefficient (Wildman–Crippen LogP) is 1.90. The molecule has 2 unspecified atom stereocenters. The van der Waals surface area contributed by atoms with Gasteiger partial charge in [0.2, 0.25) is 0 Å². The van der Waals surface area contributed by atoms with Gasteiger partial charge in [0, 0.05) is 12.1 Å². The van der Waals surface area contributed by atoms with Crippen molar-refractivity contribution >= 4 is 17.7 Å². The Bertz CT molecular complexity index is 372. The molecule has 2 N–H and O–H groups in total. The molecule has 2 rings (SSSR count). The summed E-state index contributed by atoms with van der Waals surface area (Å²) in [7, 11) is 0. The van der Waals surface area contributed by atoms with Crippen LogP contribution in [0, 0.1) is 5.92 Å². The number of nitrogen functional groups attached to an aromatic ring is 1. The minimum Gasteiger partial charge on any atom is -0.382 e. The first-order valence-electron chi connectivity index (χ1n) is 4.88. The number of nitrogens with two attached hydrogens (primary N) is 1. The number of nitrogens with zero attached hydrogens (tertiary/aromatic N) is 3. The van der Waals surface area contributed by atoms with E-state index in [1.54, 1.807) is 0 Å². The van der Waals surface area contributed by atoms with Gasteiger partial charge in [0.15, 0.2) is 5.82 Å². The third kappa shape index (κ3) is 1.27. The average molecular weight is 190 g/mol. The van der Waals surface area contributed by atoms with Crippen molar-refractivity contribution in [1.82, 2.24) is 9.97 Å². The molecule has 1 aliphatic heterocycles. The molecule has 1 aliphatic rings. The summed E-state index contributed by atoms with van der Waals surface area (Å²) >= 11 is 0. The van der Waals surface area contributed by atoms with E-state index < -0.39 is 0 Å². The van der Waals surface area contributed by atoms with Crippen LogP contribution >= 0.6 is 0 Å². The van der Waals surface area contributed by atoms with E-state index >= 15 is 0 Å². The first-order valence-corrected chi connectivity index (χ1v) is 4.88. The second kappa shape index (κ2) is 3.36. The van der Waals surface area contributed by atoms with E-state index in [9.17, 15) is 0 Å². The van der Waals surface area contributed by atoms with Gasteiger partial charge in [-0.3, -0.25) is 4.99 Å². The van der Waals surface area contributed by atoms with E-state index in [0.29, 0.717) is 17.7 Å². The Kier molecular flexibility index (Phi) is 2.19. The Labute approximate surface area is 83.3 Å². The fraction of sp³-hybridized carbons (Fsp3) is 0.500. The highest BCUT2D eigenvalue weighted by Gasteiger charge is 2.26. The van der Waals surface area contributed by atoms with Gasteiger partial charge in [-0.05, 0) is 5.92 Å². The molecule has 4 heteroatoms. The third-order valence-corrected chi connectivity index (χ3v) is 2.82. The van der Waals surface area contributed by atoms with Crippen LogP contribution in [-0.4, -0.2) is 16.2 Å². The van der Waals surface area contributed by atoms with Crippen LogP contribution in [0.1, 0.15) is 31.9 Å². The van der Waals surface area contributed by atoms with Gasteiger partial charge in [0.25, 0.3) is 0 Å². The van der Waals surface area contributed by atoms with Gasteiger partial charge in [0.1, 0.15) is 12.0 Å². The topological polar surface area (TPSA) is 64.2 Å². The van der Waals surface area contributed by atoms with Crippen molar-refractivity contribution in [3.05, 3.63) is 12.0 Å². The van der Waals surface area contributed by atoms with E-state index in [2.05, 4.69) is 28.8 Å². The first-order chi connectivity index (χ1) is 6.74. The van der Waals surface area contributed by atoms with Gasteiger partial charge in [-0.1, -0.05) is 20.3 Å². The third-order valence-electron chi connectivity index (χ3n) is 2.82. The number of aromatic nitrogens is 2. The van der Waals surface area contributed by atoms with Gasteiger partial charge >= 0.3 is 0 Å². The van der Waals surface area contributed by atoms with Gasteiger partial charge in [-0.2, -0.15) is 0 Å². The Balaban J connectivity index is 2.40. The number of anilines is 1. The van der Waals surface area contributed by atoms with Crippen molar-refractivity contribution in [2.24, 2.45) is 10.9 Å². The van der Waals surface area contributed by atoms with Crippen LogP contribution in [0.5, 0.6) is 0 Å². The zero-order chi connectivity index (χ0) is 10.1. The molecule has 0 aromatic carbocycles. The average Bonchev–Trinajstić information content (AvgIpc) is 2.62. The first kappa shape index (κ1) is 9.12. The number of hydrogen-bond donors (Lipinski definition) is 1. The molecule has 0 bridgehead atoms.